The predicted octanol–water partition coefficient (Wildman–Crippen LogP) is 4.84. The number of hydrogen-bond donors (Lipinski definition) is 1. The summed E-state index contributed by atoms with van der Waals surface area (Å²) in [7, 11) is 1.77. The number of aliphatic imine (C=N–C) groups is 1. The molecule has 2 atom stereocenters. The highest BCUT2D eigenvalue weighted by Gasteiger charge is 2.35. The smallest absolute Gasteiger partial charge is 0.328 e. The number of aliphatic hydroxyl groups excluding tert-OH is 1. The standard InChI is InChI=1S/C27H36N4O3/c1-6-22(17-28-19(2)14-15-32)23-12-13-25-26(16-23)30(18-20(3)31(25)21(4)33)27(34)29(5)24-10-8-7-9-11-24/h7-13,16,20,22,32H,6,14-15,17-18H2,1-5H3. The summed E-state index contributed by atoms with van der Waals surface area (Å²) in [6, 6.07) is 15.3. The summed E-state index contributed by atoms with van der Waals surface area (Å²) in [6.45, 7) is 8.71. The van der Waals surface area contributed by atoms with Crippen molar-refractivity contribution in [2.75, 3.05) is 41.4 Å². The topological polar surface area (TPSA) is 76.5 Å². The van der Waals surface area contributed by atoms with E-state index in [1.54, 1.807) is 28.7 Å². The summed E-state index contributed by atoms with van der Waals surface area (Å²) in [4.78, 5) is 36.0. The molecule has 0 fully saturated rings. The minimum Gasteiger partial charge on any atom is -0.396 e. The molecule has 2 aromatic carbocycles. The maximum atomic E-state index is 13.6. The lowest BCUT2D eigenvalue weighted by Gasteiger charge is -2.42. The fraction of sp³-hybridized carbons (Fsp3) is 0.444. The van der Waals surface area contributed by atoms with E-state index in [4.69, 9.17) is 5.11 Å². The fourth-order valence-corrected chi connectivity index (χ4v) is 4.48. The van der Waals surface area contributed by atoms with Crippen molar-refractivity contribution in [2.24, 2.45) is 4.99 Å². The predicted molar refractivity (Wildman–Crippen MR) is 139 cm³/mol. The minimum absolute atomic E-state index is 0.0405. The Morgan fingerprint density at radius 2 is 1.85 bits per heavy atom. The number of anilines is 3. The molecule has 1 aliphatic rings. The van der Waals surface area contributed by atoms with Gasteiger partial charge in [-0.2, -0.15) is 0 Å². The van der Waals surface area contributed by atoms with Crippen molar-refractivity contribution in [3.8, 4) is 0 Å². The molecule has 1 aliphatic heterocycles. The molecule has 0 radical (unpaired) electrons. The van der Waals surface area contributed by atoms with Crippen LogP contribution in [0.25, 0.3) is 0 Å². The Kier molecular flexibility index (Phi) is 8.45. The van der Waals surface area contributed by atoms with Crippen LogP contribution in [-0.2, 0) is 4.79 Å². The number of carbonyl (C=O) groups is 2. The van der Waals surface area contributed by atoms with E-state index >= 15 is 0 Å². The van der Waals surface area contributed by atoms with Crippen LogP contribution >= 0.6 is 0 Å². The first-order valence-electron chi connectivity index (χ1n) is 11.9. The second-order valence-electron chi connectivity index (χ2n) is 8.93. The van der Waals surface area contributed by atoms with Gasteiger partial charge in [-0.15, -0.1) is 0 Å². The second-order valence-corrected chi connectivity index (χ2v) is 8.93. The van der Waals surface area contributed by atoms with Crippen molar-refractivity contribution in [3.63, 3.8) is 0 Å². The van der Waals surface area contributed by atoms with Crippen molar-refractivity contribution in [2.45, 2.75) is 52.5 Å². The van der Waals surface area contributed by atoms with Gasteiger partial charge < -0.3 is 10.0 Å². The van der Waals surface area contributed by atoms with Crippen LogP contribution < -0.4 is 14.7 Å². The Hall–Kier alpha value is -3.19. The molecule has 1 heterocycles. The number of aliphatic hydroxyl groups is 1. The van der Waals surface area contributed by atoms with Gasteiger partial charge in [0.25, 0.3) is 0 Å². The first-order valence-corrected chi connectivity index (χ1v) is 11.9. The molecule has 3 amide bonds. The van der Waals surface area contributed by atoms with Gasteiger partial charge in [0.2, 0.25) is 5.91 Å². The first-order chi connectivity index (χ1) is 16.3. The van der Waals surface area contributed by atoms with E-state index in [-0.39, 0.29) is 30.5 Å². The van der Waals surface area contributed by atoms with Crippen molar-refractivity contribution >= 4 is 34.7 Å². The number of nitrogens with zero attached hydrogens (tertiary/aromatic N) is 4. The molecule has 1 N–H and O–H groups in total. The maximum Gasteiger partial charge on any atom is 0.328 e. The van der Waals surface area contributed by atoms with E-state index in [2.05, 4.69) is 11.9 Å². The SMILES string of the molecule is CCC(CN=C(C)CCO)c1ccc2c(c1)N(C(=O)N(C)c1ccccc1)CC(C)N2C(C)=O. The van der Waals surface area contributed by atoms with Gasteiger partial charge in [0.15, 0.2) is 0 Å². The van der Waals surface area contributed by atoms with Gasteiger partial charge in [0.05, 0.1) is 17.4 Å². The number of para-hydroxylation sites is 1. The van der Waals surface area contributed by atoms with Gasteiger partial charge in [-0.25, -0.2) is 4.79 Å². The van der Waals surface area contributed by atoms with Gasteiger partial charge in [-0.05, 0) is 50.1 Å². The molecule has 0 aliphatic carbocycles. The Bertz CT molecular complexity index is 1040. The van der Waals surface area contributed by atoms with E-state index in [9.17, 15) is 9.59 Å². The first kappa shape index (κ1) is 25.4. The molecule has 7 nitrogen and oxygen atoms in total. The Morgan fingerprint density at radius 3 is 2.47 bits per heavy atom. The summed E-state index contributed by atoms with van der Waals surface area (Å²) in [5, 5.41) is 9.15. The van der Waals surface area contributed by atoms with Crippen LogP contribution in [0.2, 0.25) is 0 Å². The third kappa shape index (κ3) is 5.47. The highest BCUT2D eigenvalue weighted by atomic mass is 16.3. The molecule has 2 aromatic rings. The van der Waals surface area contributed by atoms with Crippen LogP contribution in [0.15, 0.2) is 53.5 Å². The zero-order valence-corrected chi connectivity index (χ0v) is 20.9. The maximum absolute atomic E-state index is 13.6. The average molecular weight is 465 g/mol. The van der Waals surface area contributed by atoms with Crippen LogP contribution in [0.1, 0.15) is 52.0 Å². The van der Waals surface area contributed by atoms with E-state index in [1.807, 2.05) is 62.4 Å². The van der Waals surface area contributed by atoms with Crippen molar-refractivity contribution < 1.29 is 14.7 Å². The number of amides is 3. The Balaban J connectivity index is 2.01. The van der Waals surface area contributed by atoms with Gasteiger partial charge in [-0.3, -0.25) is 19.6 Å². The lowest BCUT2D eigenvalue weighted by Crippen LogP contribution is -2.54. The quantitative estimate of drug-likeness (QED) is 0.596. The molecular formula is C27H36N4O3. The highest BCUT2D eigenvalue weighted by molar-refractivity contribution is 6.08. The summed E-state index contributed by atoms with van der Waals surface area (Å²) >= 11 is 0. The van der Waals surface area contributed by atoms with E-state index in [0.29, 0.717) is 19.5 Å². The normalized spacial score (nSPS) is 16.8. The van der Waals surface area contributed by atoms with Crippen molar-refractivity contribution in [3.05, 3.63) is 54.1 Å². The average Bonchev–Trinajstić information content (AvgIpc) is 2.83. The van der Waals surface area contributed by atoms with Crippen LogP contribution in [0, 0.1) is 0 Å². The number of rotatable bonds is 7. The molecule has 0 saturated heterocycles. The van der Waals surface area contributed by atoms with Crippen LogP contribution in [0.4, 0.5) is 21.9 Å². The van der Waals surface area contributed by atoms with Gasteiger partial charge in [-0.1, -0.05) is 31.2 Å². The Morgan fingerprint density at radius 1 is 1.15 bits per heavy atom. The van der Waals surface area contributed by atoms with Crippen molar-refractivity contribution in [1.82, 2.24) is 0 Å². The summed E-state index contributed by atoms with van der Waals surface area (Å²) in [6.07, 6.45) is 1.46. The highest BCUT2D eigenvalue weighted by Crippen LogP contribution is 2.39. The third-order valence-electron chi connectivity index (χ3n) is 6.46. The molecule has 34 heavy (non-hydrogen) atoms. The molecule has 182 valence electrons. The van der Waals surface area contributed by atoms with E-state index in [1.165, 1.54) is 0 Å². The van der Waals surface area contributed by atoms with Crippen LogP contribution in [-0.4, -0.2) is 55.5 Å². The third-order valence-corrected chi connectivity index (χ3v) is 6.46. The molecule has 7 heteroatoms. The summed E-state index contributed by atoms with van der Waals surface area (Å²) in [5.74, 6) is 0.133. The molecule has 0 spiro atoms. The molecule has 2 unspecified atom stereocenters. The fourth-order valence-electron chi connectivity index (χ4n) is 4.48. The number of benzene rings is 2. The summed E-state index contributed by atoms with van der Waals surface area (Å²) < 4.78 is 0. The summed E-state index contributed by atoms with van der Waals surface area (Å²) in [5.41, 5.74) is 4.32. The van der Waals surface area contributed by atoms with E-state index in [0.717, 1.165) is 34.8 Å². The van der Waals surface area contributed by atoms with Gasteiger partial charge >= 0.3 is 6.03 Å². The second kappa shape index (κ2) is 11.3. The molecule has 0 bridgehead atoms. The molecule has 0 saturated carbocycles. The number of carbonyl (C=O) groups excluding carboxylic acids is 2. The monoisotopic (exact) mass is 464 g/mol. The largest absolute Gasteiger partial charge is 0.396 e. The molecule has 0 aromatic heterocycles. The molecular weight excluding hydrogens is 428 g/mol. The van der Waals surface area contributed by atoms with Crippen LogP contribution in [0.5, 0.6) is 0 Å². The zero-order chi connectivity index (χ0) is 24.8. The zero-order valence-electron chi connectivity index (χ0n) is 20.9. The lowest BCUT2D eigenvalue weighted by atomic mass is 9.94. The van der Waals surface area contributed by atoms with Gasteiger partial charge in [0, 0.05) is 57.4 Å². The van der Waals surface area contributed by atoms with Crippen LogP contribution in [0.3, 0.4) is 0 Å². The number of urea groups is 1. The van der Waals surface area contributed by atoms with E-state index < -0.39 is 0 Å². The number of fused-ring (bicyclic) bond motifs is 1. The lowest BCUT2D eigenvalue weighted by molar-refractivity contribution is -0.117. The molecule has 3 rings (SSSR count). The van der Waals surface area contributed by atoms with Crippen molar-refractivity contribution in [1.29, 1.82) is 0 Å². The minimum atomic E-state index is -0.142. The number of hydrogen-bond acceptors (Lipinski definition) is 4. The Labute approximate surface area is 202 Å². The van der Waals surface area contributed by atoms with Gasteiger partial charge in [0.1, 0.15) is 0 Å².